The Morgan fingerprint density at radius 1 is 1.14 bits per heavy atom. The molecule has 4 heterocycles. The predicted octanol–water partition coefficient (Wildman–Crippen LogP) is 4.19. The summed E-state index contributed by atoms with van der Waals surface area (Å²) in [5.41, 5.74) is 5.95. The van der Waals surface area contributed by atoms with Crippen LogP contribution in [0.1, 0.15) is 36.1 Å². The molecule has 1 fully saturated rings. The Kier molecular flexibility index (Phi) is 4.98. The van der Waals surface area contributed by atoms with Crippen LogP contribution in [-0.4, -0.2) is 36.4 Å². The number of amides is 1. The molecule has 1 aliphatic carbocycles. The van der Waals surface area contributed by atoms with Gasteiger partial charge in [0.05, 0.1) is 11.3 Å². The molecule has 1 saturated carbocycles. The molecule has 1 aromatic carbocycles. The Hall–Kier alpha value is -4.16. The summed E-state index contributed by atoms with van der Waals surface area (Å²) in [6, 6.07) is 3.29. The number of nitrogens with one attached hydrogen (secondary N) is 1. The van der Waals surface area contributed by atoms with Gasteiger partial charge < -0.3 is 15.5 Å². The van der Waals surface area contributed by atoms with Crippen LogP contribution >= 0.6 is 0 Å². The van der Waals surface area contributed by atoms with Gasteiger partial charge in [0, 0.05) is 31.4 Å². The number of hydrogen-bond acceptors (Lipinski definition) is 6. The lowest BCUT2D eigenvalue weighted by atomic mass is 9.71. The number of carbonyl (C=O) groups is 1. The van der Waals surface area contributed by atoms with Gasteiger partial charge in [-0.05, 0) is 36.5 Å². The number of rotatable bonds is 5. The van der Waals surface area contributed by atoms with E-state index in [0.717, 1.165) is 12.1 Å². The van der Waals surface area contributed by atoms with E-state index in [-0.39, 0.29) is 51.5 Å². The number of hydrogen-bond donors (Lipinski definition) is 2. The summed E-state index contributed by atoms with van der Waals surface area (Å²) in [7, 11) is 0. The second-order valence-electron chi connectivity index (χ2n) is 9.17. The van der Waals surface area contributed by atoms with Crippen molar-refractivity contribution in [2.45, 2.75) is 37.3 Å². The minimum atomic E-state index is -4.38. The number of nitrogens with two attached hydrogens (primary N) is 1. The van der Waals surface area contributed by atoms with Crippen molar-refractivity contribution in [3.8, 4) is 11.5 Å². The highest BCUT2D eigenvalue weighted by molar-refractivity contribution is 6.10. The molecule has 0 spiro atoms. The van der Waals surface area contributed by atoms with Crippen LogP contribution in [0.4, 0.5) is 33.6 Å². The number of halogens is 5. The minimum absolute atomic E-state index is 0.0164. The molecule has 13 heteroatoms. The van der Waals surface area contributed by atoms with Crippen molar-refractivity contribution in [1.82, 2.24) is 24.3 Å². The number of fused-ring (bicyclic) bond motifs is 2. The SMILES string of the molecule is Nc1nc(-c2cn3ccnc3c(CCC(F)(F)F)n2)nc2c1C(c1ccc(F)c(F)c1)(C1CC1)C(=O)N2. The van der Waals surface area contributed by atoms with Gasteiger partial charge in [-0.1, -0.05) is 6.07 Å². The van der Waals surface area contributed by atoms with Gasteiger partial charge in [-0.2, -0.15) is 13.2 Å². The van der Waals surface area contributed by atoms with E-state index in [9.17, 15) is 26.7 Å². The van der Waals surface area contributed by atoms with Gasteiger partial charge in [0.25, 0.3) is 0 Å². The fourth-order valence-corrected chi connectivity index (χ4v) is 5.08. The van der Waals surface area contributed by atoms with E-state index in [1.807, 2.05) is 0 Å². The molecule has 6 rings (SSSR count). The molecule has 3 N–H and O–H groups in total. The number of nitrogen functional groups attached to an aromatic ring is 1. The number of aromatic nitrogens is 5. The van der Waals surface area contributed by atoms with Gasteiger partial charge in [0.2, 0.25) is 5.91 Å². The van der Waals surface area contributed by atoms with Crippen molar-refractivity contribution in [1.29, 1.82) is 0 Å². The number of benzene rings is 1. The summed E-state index contributed by atoms with van der Waals surface area (Å²) >= 11 is 0. The van der Waals surface area contributed by atoms with E-state index in [4.69, 9.17) is 5.73 Å². The highest BCUT2D eigenvalue weighted by Gasteiger charge is 2.59. The Labute approximate surface area is 205 Å². The van der Waals surface area contributed by atoms with E-state index < -0.39 is 42.0 Å². The van der Waals surface area contributed by atoms with Crippen molar-refractivity contribution >= 4 is 23.2 Å². The number of imidazole rings is 1. The standard InChI is InChI=1S/C24H18F5N7O/c25-13-4-3-12(9-14(13)26)24(11-1-2-11)17-18(30)33-19(34-20(17)35-22(24)37)16-10-36-8-7-31-21(36)15(32-16)5-6-23(27,28)29/h3-4,7-11H,1-2,5-6H2,(H3,30,33,34,35,37). The molecular formula is C24H18F5N7O. The number of aryl methyl sites for hydroxylation is 1. The fourth-order valence-electron chi connectivity index (χ4n) is 5.08. The third-order valence-electron chi connectivity index (χ3n) is 6.80. The maximum absolute atomic E-state index is 14.2. The summed E-state index contributed by atoms with van der Waals surface area (Å²) < 4.78 is 68.0. The number of alkyl halides is 3. The molecule has 4 aromatic rings. The van der Waals surface area contributed by atoms with Crippen LogP contribution in [0.25, 0.3) is 17.2 Å². The van der Waals surface area contributed by atoms with E-state index in [1.54, 1.807) is 6.20 Å². The van der Waals surface area contributed by atoms with Crippen molar-refractivity contribution in [3.05, 3.63) is 65.2 Å². The van der Waals surface area contributed by atoms with Crippen LogP contribution in [0.5, 0.6) is 0 Å². The number of carbonyl (C=O) groups excluding carboxylic acids is 1. The molecule has 190 valence electrons. The van der Waals surface area contributed by atoms with E-state index in [1.165, 1.54) is 22.9 Å². The maximum Gasteiger partial charge on any atom is 0.389 e. The Bertz CT molecular complexity index is 1580. The molecule has 3 aromatic heterocycles. The smallest absolute Gasteiger partial charge is 0.383 e. The van der Waals surface area contributed by atoms with Gasteiger partial charge in [-0.3, -0.25) is 4.79 Å². The van der Waals surface area contributed by atoms with Gasteiger partial charge in [0.1, 0.15) is 22.7 Å². The van der Waals surface area contributed by atoms with Crippen LogP contribution in [0.15, 0.2) is 36.8 Å². The molecule has 0 bridgehead atoms. The molecule has 1 amide bonds. The summed E-state index contributed by atoms with van der Waals surface area (Å²) in [6.45, 7) is 0. The zero-order valence-corrected chi connectivity index (χ0v) is 19.0. The Balaban J connectivity index is 1.48. The van der Waals surface area contributed by atoms with Crippen molar-refractivity contribution in [2.75, 3.05) is 11.1 Å². The molecule has 37 heavy (non-hydrogen) atoms. The minimum Gasteiger partial charge on any atom is -0.383 e. The third kappa shape index (κ3) is 3.67. The predicted molar refractivity (Wildman–Crippen MR) is 121 cm³/mol. The van der Waals surface area contributed by atoms with Gasteiger partial charge in [-0.25, -0.2) is 28.7 Å². The fraction of sp³-hybridized carbons (Fsp3) is 0.292. The molecule has 8 nitrogen and oxygen atoms in total. The average Bonchev–Trinajstić information content (AvgIpc) is 3.48. The van der Waals surface area contributed by atoms with Crippen LogP contribution in [0.2, 0.25) is 0 Å². The molecule has 1 aliphatic heterocycles. The molecule has 1 unspecified atom stereocenters. The lowest BCUT2D eigenvalue weighted by molar-refractivity contribution is -0.134. The largest absolute Gasteiger partial charge is 0.389 e. The maximum atomic E-state index is 14.2. The molecular weight excluding hydrogens is 497 g/mol. The highest BCUT2D eigenvalue weighted by atomic mass is 19.4. The normalized spacial score (nSPS) is 19.3. The second kappa shape index (κ2) is 7.92. The van der Waals surface area contributed by atoms with E-state index in [0.29, 0.717) is 12.8 Å². The average molecular weight is 515 g/mol. The van der Waals surface area contributed by atoms with Gasteiger partial charge in [0.15, 0.2) is 23.1 Å². The summed E-state index contributed by atoms with van der Waals surface area (Å²) in [5.74, 6) is -2.85. The quantitative estimate of drug-likeness (QED) is 0.386. The Morgan fingerprint density at radius 2 is 1.92 bits per heavy atom. The monoisotopic (exact) mass is 515 g/mol. The summed E-state index contributed by atoms with van der Waals surface area (Å²) in [5, 5.41) is 2.70. The molecule has 0 saturated heterocycles. The van der Waals surface area contributed by atoms with E-state index >= 15 is 0 Å². The van der Waals surface area contributed by atoms with Crippen LogP contribution in [0.3, 0.4) is 0 Å². The van der Waals surface area contributed by atoms with Crippen molar-refractivity contribution < 1.29 is 26.7 Å². The van der Waals surface area contributed by atoms with Crippen molar-refractivity contribution in [3.63, 3.8) is 0 Å². The first-order valence-corrected chi connectivity index (χ1v) is 11.4. The van der Waals surface area contributed by atoms with E-state index in [2.05, 4.69) is 25.3 Å². The summed E-state index contributed by atoms with van der Waals surface area (Å²) in [6.07, 6.45) is -0.0712. The van der Waals surface area contributed by atoms with Crippen LogP contribution in [0, 0.1) is 17.6 Å². The Morgan fingerprint density at radius 3 is 2.62 bits per heavy atom. The number of nitrogens with zero attached hydrogens (tertiary/aromatic N) is 5. The zero-order valence-electron chi connectivity index (χ0n) is 19.0. The topological polar surface area (TPSA) is 111 Å². The first kappa shape index (κ1) is 23.3. The first-order valence-electron chi connectivity index (χ1n) is 11.4. The van der Waals surface area contributed by atoms with Crippen molar-refractivity contribution in [2.24, 2.45) is 5.92 Å². The molecule has 0 radical (unpaired) electrons. The van der Waals surface area contributed by atoms with Gasteiger partial charge >= 0.3 is 6.18 Å². The number of anilines is 2. The first-order chi connectivity index (χ1) is 17.6. The third-order valence-corrected chi connectivity index (χ3v) is 6.80. The molecule has 1 atom stereocenters. The van der Waals surface area contributed by atoms with Gasteiger partial charge in [-0.15, -0.1) is 0 Å². The second-order valence-corrected chi connectivity index (χ2v) is 9.17. The van der Waals surface area contributed by atoms with Crippen LogP contribution in [-0.2, 0) is 16.6 Å². The summed E-state index contributed by atoms with van der Waals surface area (Å²) in [4.78, 5) is 30.6. The lowest BCUT2D eigenvalue weighted by Gasteiger charge is -2.28. The highest BCUT2D eigenvalue weighted by Crippen LogP contribution is 2.57. The van der Waals surface area contributed by atoms with Crippen LogP contribution < -0.4 is 11.1 Å². The lowest BCUT2D eigenvalue weighted by Crippen LogP contribution is -2.38. The zero-order chi connectivity index (χ0) is 26.1. The molecule has 2 aliphatic rings.